The number of rotatable bonds is 4. The van der Waals surface area contributed by atoms with Gasteiger partial charge in [-0.3, -0.25) is 0 Å². The Labute approximate surface area is 104 Å². The third-order valence-electron chi connectivity index (χ3n) is 3.53. The Hall–Kier alpha value is -0.900. The van der Waals surface area contributed by atoms with Crippen LogP contribution in [-0.4, -0.2) is 21.0 Å². The van der Waals surface area contributed by atoms with Crippen LogP contribution in [0.15, 0.2) is 6.20 Å². The minimum absolute atomic E-state index is 0.495. The van der Waals surface area contributed by atoms with Crippen molar-refractivity contribution >= 4 is 0 Å². The molecule has 4 heteroatoms. The normalized spacial score (nSPS) is 25.4. The molecule has 1 saturated carbocycles. The van der Waals surface area contributed by atoms with E-state index < -0.39 is 0 Å². The summed E-state index contributed by atoms with van der Waals surface area (Å²) in [5.41, 5.74) is 1.05. The minimum atomic E-state index is 0.495. The smallest absolute Gasteiger partial charge is 0.0965 e. The third-order valence-corrected chi connectivity index (χ3v) is 3.53. The zero-order valence-corrected chi connectivity index (χ0v) is 11.2. The Kier molecular flexibility index (Phi) is 4.15. The molecule has 0 aromatic carbocycles. The minimum Gasteiger partial charge on any atom is -0.309 e. The van der Waals surface area contributed by atoms with E-state index in [2.05, 4.69) is 47.3 Å². The van der Waals surface area contributed by atoms with Gasteiger partial charge >= 0.3 is 0 Å². The van der Waals surface area contributed by atoms with Crippen LogP contribution in [0.2, 0.25) is 0 Å². The Morgan fingerprint density at radius 2 is 2.29 bits per heavy atom. The van der Waals surface area contributed by atoms with E-state index in [1.165, 1.54) is 25.7 Å². The topological polar surface area (TPSA) is 42.7 Å². The molecule has 1 aliphatic carbocycles. The molecule has 0 bridgehead atoms. The van der Waals surface area contributed by atoms with Crippen LogP contribution in [-0.2, 0) is 6.54 Å². The highest BCUT2D eigenvalue weighted by Gasteiger charge is 2.21. The first-order chi connectivity index (χ1) is 8.15. The summed E-state index contributed by atoms with van der Waals surface area (Å²) in [5.74, 6) is 0.829. The molecule has 0 radical (unpaired) electrons. The standard InChI is InChI=1S/C13H24N4/c1-10(2)14-8-12-9-17(16-15-12)13-6-4-5-11(3)7-13/h9-11,13-14H,4-8H2,1-3H3. The van der Waals surface area contributed by atoms with Crippen molar-refractivity contribution in [2.45, 2.75) is 65.1 Å². The van der Waals surface area contributed by atoms with Gasteiger partial charge in [0.2, 0.25) is 0 Å². The van der Waals surface area contributed by atoms with Crippen LogP contribution in [0.3, 0.4) is 0 Å². The molecule has 1 aliphatic rings. The van der Waals surface area contributed by atoms with Crippen molar-refractivity contribution in [3.63, 3.8) is 0 Å². The number of nitrogens with zero attached hydrogens (tertiary/aromatic N) is 3. The lowest BCUT2D eigenvalue weighted by Gasteiger charge is -2.26. The molecule has 0 aliphatic heterocycles. The van der Waals surface area contributed by atoms with Crippen molar-refractivity contribution in [3.05, 3.63) is 11.9 Å². The molecule has 1 N–H and O–H groups in total. The monoisotopic (exact) mass is 236 g/mol. The average Bonchev–Trinajstić information content (AvgIpc) is 2.75. The van der Waals surface area contributed by atoms with Crippen molar-refractivity contribution in [1.29, 1.82) is 0 Å². The van der Waals surface area contributed by atoms with Crippen LogP contribution in [0.4, 0.5) is 0 Å². The fourth-order valence-corrected chi connectivity index (χ4v) is 2.52. The maximum atomic E-state index is 4.28. The summed E-state index contributed by atoms with van der Waals surface area (Å²) in [4.78, 5) is 0. The van der Waals surface area contributed by atoms with E-state index in [0.717, 1.165) is 18.2 Å². The summed E-state index contributed by atoms with van der Waals surface area (Å²) >= 11 is 0. The molecule has 2 rings (SSSR count). The van der Waals surface area contributed by atoms with E-state index in [4.69, 9.17) is 0 Å². The van der Waals surface area contributed by atoms with Gasteiger partial charge in [-0.2, -0.15) is 0 Å². The highest BCUT2D eigenvalue weighted by molar-refractivity contribution is 4.93. The lowest BCUT2D eigenvalue weighted by atomic mass is 9.87. The summed E-state index contributed by atoms with van der Waals surface area (Å²) < 4.78 is 2.08. The van der Waals surface area contributed by atoms with Crippen LogP contribution < -0.4 is 5.32 Å². The van der Waals surface area contributed by atoms with Gasteiger partial charge in [0.25, 0.3) is 0 Å². The van der Waals surface area contributed by atoms with Crippen molar-refractivity contribution in [3.8, 4) is 0 Å². The van der Waals surface area contributed by atoms with Gasteiger partial charge in [0.05, 0.1) is 17.9 Å². The molecule has 2 atom stereocenters. The van der Waals surface area contributed by atoms with Gasteiger partial charge in [0.15, 0.2) is 0 Å². The summed E-state index contributed by atoms with van der Waals surface area (Å²) in [6, 6.07) is 1.06. The maximum absolute atomic E-state index is 4.28. The predicted molar refractivity (Wildman–Crippen MR) is 68.7 cm³/mol. The molecule has 1 aromatic rings. The second kappa shape index (κ2) is 5.63. The molecule has 1 heterocycles. The Balaban J connectivity index is 1.92. The zero-order chi connectivity index (χ0) is 12.3. The highest BCUT2D eigenvalue weighted by atomic mass is 15.4. The van der Waals surface area contributed by atoms with E-state index >= 15 is 0 Å². The van der Waals surface area contributed by atoms with Gasteiger partial charge in [-0.15, -0.1) is 5.10 Å². The Morgan fingerprint density at radius 1 is 1.47 bits per heavy atom. The summed E-state index contributed by atoms with van der Waals surface area (Å²) in [5, 5.41) is 11.9. The number of nitrogens with one attached hydrogen (secondary N) is 1. The molecule has 0 amide bonds. The number of hydrogen-bond acceptors (Lipinski definition) is 3. The van der Waals surface area contributed by atoms with Crippen LogP contribution in [0.5, 0.6) is 0 Å². The Bertz CT molecular complexity index is 345. The SMILES string of the molecule is CC1CCCC(n2cc(CNC(C)C)nn2)C1. The summed E-state index contributed by atoms with van der Waals surface area (Å²) in [7, 11) is 0. The molecular weight excluding hydrogens is 212 g/mol. The van der Waals surface area contributed by atoms with E-state index in [1.807, 2.05) is 0 Å². The van der Waals surface area contributed by atoms with E-state index in [1.54, 1.807) is 0 Å². The largest absolute Gasteiger partial charge is 0.309 e. The van der Waals surface area contributed by atoms with E-state index in [-0.39, 0.29) is 0 Å². The fraction of sp³-hybridized carbons (Fsp3) is 0.846. The third kappa shape index (κ3) is 3.53. The molecule has 1 fully saturated rings. The molecule has 0 saturated heterocycles. The molecular formula is C13H24N4. The van der Waals surface area contributed by atoms with Gasteiger partial charge in [-0.1, -0.05) is 38.8 Å². The van der Waals surface area contributed by atoms with Crippen molar-refractivity contribution in [1.82, 2.24) is 20.3 Å². The lowest BCUT2D eigenvalue weighted by Crippen LogP contribution is -2.22. The summed E-state index contributed by atoms with van der Waals surface area (Å²) in [6.07, 6.45) is 7.31. The maximum Gasteiger partial charge on any atom is 0.0965 e. The Morgan fingerprint density at radius 3 is 3.00 bits per heavy atom. The van der Waals surface area contributed by atoms with Crippen LogP contribution >= 0.6 is 0 Å². The quantitative estimate of drug-likeness (QED) is 0.873. The van der Waals surface area contributed by atoms with E-state index in [0.29, 0.717) is 12.1 Å². The molecule has 96 valence electrons. The van der Waals surface area contributed by atoms with Crippen LogP contribution in [0.25, 0.3) is 0 Å². The molecule has 17 heavy (non-hydrogen) atoms. The average molecular weight is 236 g/mol. The van der Waals surface area contributed by atoms with Crippen LogP contribution in [0.1, 0.15) is 58.2 Å². The van der Waals surface area contributed by atoms with Gasteiger partial charge in [-0.25, -0.2) is 4.68 Å². The van der Waals surface area contributed by atoms with Gasteiger partial charge in [0.1, 0.15) is 0 Å². The molecule has 1 aromatic heterocycles. The van der Waals surface area contributed by atoms with Gasteiger partial charge in [0, 0.05) is 12.6 Å². The molecule has 2 unspecified atom stereocenters. The van der Waals surface area contributed by atoms with Gasteiger partial charge in [-0.05, 0) is 18.8 Å². The number of aromatic nitrogens is 3. The zero-order valence-electron chi connectivity index (χ0n) is 11.2. The first-order valence-corrected chi connectivity index (χ1v) is 6.79. The van der Waals surface area contributed by atoms with E-state index in [9.17, 15) is 0 Å². The fourth-order valence-electron chi connectivity index (χ4n) is 2.52. The van der Waals surface area contributed by atoms with Gasteiger partial charge < -0.3 is 5.32 Å². The van der Waals surface area contributed by atoms with Crippen molar-refractivity contribution < 1.29 is 0 Å². The first-order valence-electron chi connectivity index (χ1n) is 6.79. The summed E-state index contributed by atoms with van der Waals surface area (Å²) in [6.45, 7) is 7.45. The highest BCUT2D eigenvalue weighted by Crippen LogP contribution is 2.31. The second-order valence-electron chi connectivity index (χ2n) is 5.65. The van der Waals surface area contributed by atoms with Crippen molar-refractivity contribution in [2.75, 3.05) is 0 Å². The number of hydrogen-bond donors (Lipinski definition) is 1. The molecule has 4 nitrogen and oxygen atoms in total. The predicted octanol–water partition coefficient (Wildman–Crippen LogP) is 2.53. The van der Waals surface area contributed by atoms with Crippen LogP contribution in [0, 0.1) is 5.92 Å². The second-order valence-corrected chi connectivity index (χ2v) is 5.65. The molecule has 0 spiro atoms. The van der Waals surface area contributed by atoms with Crippen molar-refractivity contribution in [2.24, 2.45) is 5.92 Å². The first kappa shape index (κ1) is 12.6. The lowest BCUT2D eigenvalue weighted by molar-refractivity contribution is 0.263.